The highest BCUT2D eigenvalue weighted by Gasteiger charge is 2.58. The highest BCUT2D eigenvalue weighted by molar-refractivity contribution is 5.68. The van der Waals surface area contributed by atoms with Crippen LogP contribution < -0.4 is 9.47 Å². The highest BCUT2D eigenvalue weighted by Crippen LogP contribution is 2.50. The van der Waals surface area contributed by atoms with E-state index in [1.165, 1.54) is 26.0 Å². The Morgan fingerprint density at radius 1 is 1.23 bits per heavy atom. The van der Waals surface area contributed by atoms with Gasteiger partial charge in [-0.2, -0.15) is 13.2 Å². The Balaban J connectivity index is 1.98. The average molecular weight is 431 g/mol. The Hall–Kier alpha value is -2.16. The van der Waals surface area contributed by atoms with E-state index in [1.54, 1.807) is 18.2 Å². The smallest absolute Gasteiger partial charge is 0.414 e. The lowest BCUT2D eigenvalue weighted by atomic mass is 9.71. The van der Waals surface area contributed by atoms with Crippen molar-refractivity contribution in [2.45, 2.75) is 56.9 Å². The Bertz CT molecular complexity index is 765. The lowest BCUT2D eigenvalue weighted by Crippen LogP contribution is -2.48. The Kier molecular flexibility index (Phi) is 6.40. The van der Waals surface area contributed by atoms with Gasteiger partial charge in [-0.1, -0.05) is 13.0 Å². The van der Waals surface area contributed by atoms with Gasteiger partial charge in [-0.3, -0.25) is 0 Å². The number of likely N-dealkylation sites (tertiary alicyclic amines) is 1. The number of rotatable bonds is 5. The molecule has 0 spiro atoms. The van der Waals surface area contributed by atoms with Crippen LogP contribution >= 0.6 is 0 Å². The van der Waals surface area contributed by atoms with E-state index >= 15 is 0 Å². The molecule has 30 heavy (non-hydrogen) atoms. The normalized spacial score (nSPS) is 26.0. The van der Waals surface area contributed by atoms with Crippen LogP contribution in [-0.2, 0) is 4.74 Å². The molecule has 1 saturated carbocycles. The van der Waals surface area contributed by atoms with Gasteiger partial charge in [-0.25, -0.2) is 4.79 Å². The number of ether oxygens (including phenoxy) is 3. The maximum absolute atomic E-state index is 13.5. The van der Waals surface area contributed by atoms with Gasteiger partial charge < -0.3 is 24.2 Å². The molecule has 1 N–H and O–H groups in total. The number of carbonyl (C=O) groups excluding carboxylic acids is 1. The van der Waals surface area contributed by atoms with E-state index in [1.807, 2.05) is 0 Å². The van der Waals surface area contributed by atoms with Gasteiger partial charge in [-0.05, 0) is 43.4 Å². The number of aliphatic hydroxyl groups excluding tert-OH is 1. The Morgan fingerprint density at radius 3 is 2.47 bits per heavy atom. The summed E-state index contributed by atoms with van der Waals surface area (Å²) in [6, 6.07) is 4.98. The average Bonchev–Trinajstić information content (AvgIpc) is 3.34. The van der Waals surface area contributed by atoms with E-state index in [4.69, 9.17) is 14.2 Å². The van der Waals surface area contributed by atoms with Crippen LogP contribution in [0.15, 0.2) is 18.2 Å². The number of hydrogen-bond acceptors (Lipinski definition) is 5. The molecule has 1 heterocycles. The number of methoxy groups -OCH3 is 2. The Labute approximate surface area is 173 Å². The second-order valence-electron chi connectivity index (χ2n) is 8.29. The zero-order chi connectivity index (χ0) is 22.1. The summed E-state index contributed by atoms with van der Waals surface area (Å²) in [7, 11) is 2.68. The summed E-state index contributed by atoms with van der Waals surface area (Å²) in [5.41, 5.74) is -1.10. The quantitative estimate of drug-likeness (QED) is 0.760. The van der Waals surface area contributed by atoms with E-state index < -0.39 is 29.7 Å². The minimum atomic E-state index is -4.82. The van der Waals surface area contributed by atoms with E-state index in [-0.39, 0.29) is 19.2 Å². The van der Waals surface area contributed by atoms with Crippen LogP contribution in [0.4, 0.5) is 18.0 Å². The highest BCUT2D eigenvalue weighted by atomic mass is 19.4. The summed E-state index contributed by atoms with van der Waals surface area (Å²) >= 11 is 0. The van der Waals surface area contributed by atoms with Gasteiger partial charge >= 0.3 is 12.3 Å². The molecule has 1 aliphatic heterocycles. The monoisotopic (exact) mass is 431 g/mol. The van der Waals surface area contributed by atoms with Crippen molar-refractivity contribution < 1.29 is 37.3 Å². The second kappa shape index (κ2) is 8.53. The van der Waals surface area contributed by atoms with Crippen LogP contribution in [0.5, 0.6) is 11.5 Å². The van der Waals surface area contributed by atoms with Gasteiger partial charge in [0.25, 0.3) is 0 Å². The zero-order valence-electron chi connectivity index (χ0n) is 17.4. The molecule has 3 unspecified atom stereocenters. The van der Waals surface area contributed by atoms with Gasteiger partial charge in [0.1, 0.15) is 0 Å². The molecular formula is C21H28F3NO5. The third-order valence-corrected chi connectivity index (χ3v) is 6.28. The molecule has 0 bridgehead atoms. The molecule has 2 fully saturated rings. The summed E-state index contributed by atoms with van der Waals surface area (Å²) in [5.74, 6) is 0.180. The fourth-order valence-corrected chi connectivity index (χ4v) is 4.61. The minimum Gasteiger partial charge on any atom is -0.493 e. The lowest BCUT2D eigenvalue weighted by molar-refractivity contribution is -0.236. The van der Waals surface area contributed by atoms with Crippen LogP contribution in [0.2, 0.25) is 0 Å². The molecule has 1 amide bonds. The van der Waals surface area contributed by atoms with Crippen molar-refractivity contribution in [3.8, 4) is 11.5 Å². The van der Waals surface area contributed by atoms with Crippen molar-refractivity contribution >= 4 is 6.09 Å². The summed E-state index contributed by atoms with van der Waals surface area (Å²) < 4.78 is 56.6. The predicted molar refractivity (Wildman–Crippen MR) is 103 cm³/mol. The first-order valence-corrected chi connectivity index (χ1v) is 10.0. The first kappa shape index (κ1) is 22.5. The number of benzene rings is 1. The molecule has 3 atom stereocenters. The van der Waals surface area contributed by atoms with Crippen LogP contribution in [0, 0.1) is 5.41 Å². The van der Waals surface area contributed by atoms with Gasteiger partial charge in [0, 0.05) is 24.4 Å². The van der Waals surface area contributed by atoms with Crippen molar-refractivity contribution in [1.82, 2.24) is 4.90 Å². The van der Waals surface area contributed by atoms with E-state index in [9.17, 15) is 23.1 Å². The number of aliphatic hydroxyl groups is 1. The summed E-state index contributed by atoms with van der Waals surface area (Å²) in [6.45, 7) is 1.06. The molecule has 1 aromatic carbocycles. The molecule has 1 aromatic rings. The molecule has 1 saturated heterocycles. The van der Waals surface area contributed by atoms with Gasteiger partial charge in [0.2, 0.25) is 0 Å². The third kappa shape index (κ3) is 4.31. The maximum atomic E-state index is 13.5. The molecule has 1 aliphatic carbocycles. The first-order chi connectivity index (χ1) is 14.1. The molecule has 2 aliphatic rings. The summed E-state index contributed by atoms with van der Waals surface area (Å²) in [5, 5.41) is 10.2. The van der Waals surface area contributed by atoms with Crippen molar-refractivity contribution in [3.05, 3.63) is 23.8 Å². The van der Waals surface area contributed by atoms with Crippen molar-refractivity contribution in [3.63, 3.8) is 0 Å². The van der Waals surface area contributed by atoms with Crippen molar-refractivity contribution in [2.24, 2.45) is 5.41 Å². The molecule has 0 aromatic heterocycles. The molecule has 3 rings (SSSR count). The topological polar surface area (TPSA) is 68.2 Å². The number of hydrogen-bond donors (Lipinski definition) is 1. The fraction of sp³-hybridized carbons (Fsp3) is 0.667. The predicted octanol–water partition coefficient (Wildman–Crippen LogP) is 4.11. The summed E-state index contributed by atoms with van der Waals surface area (Å²) in [4.78, 5) is 13.2. The second-order valence-corrected chi connectivity index (χ2v) is 8.29. The number of carbonyl (C=O) groups is 1. The van der Waals surface area contributed by atoms with E-state index in [0.717, 1.165) is 25.7 Å². The molecule has 168 valence electrons. The number of halogens is 3. The molecule has 6 nitrogen and oxygen atoms in total. The number of nitrogens with zero attached hydrogens (tertiary/aromatic N) is 1. The maximum Gasteiger partial charge on any atom is 0.414 e. The minimum absolute atomic E-state index is 0.00842. The largest absolute Gasteiger partial charge is 0.493 e. The van der Waals surface area contributed by atoms with Crippen LogP contribution in [-0.4, -0.2) is 61.8 Å². The van der Waals surface area contributed by atoms with Crippen molar-refractivity contribution in [2.75, 3.05) is 27.3 Å². The Morgan fingerprint density at radius 2 is 1.90 bits per heavy atom. The zero-order valence-corrected chi connectivity index (χ0v) is 17.4. The van der Waals surface area contributed by atoms with Crippen LogP contribution in [0.1, 0.15) is 44.1 Å². The molecule has 0 radical (unpaired) electrons. The molecule has 9 heteroatoms. The lowest BCUT2D eigenvalue weighted by Gasteiger charge is -2.36. The van der Waals surface area contributed by atoms with Gasteiger partial charge in [-0.15, -0.1) is 0 Å². The van der Waals surface area contributed by atoms with E-state index in [2.05, 4.69) is 0 Å². The molecular weight excluding hydrogens is 403 g/mol. The summed E-state index contributed by atoms with van der Waals surface area (Å²) in [6.07, 6.45) is -4.15. The van der Waals surface area contributed by atoms with Crippen molar-refractivity contribution in [1.29, 1.82) is 0 Å². The van der Waals surface area contributed by atoms with Gasteiger partial charge in [0.05, 0.1) is 20.3 Å². The first-order valence-electron chi connectivity index (χ1n) is 10.0. The van der Waals surface area contributed by atoms with Gasteiger partial charge in [0.15, 0.2) is 17.6 Å². The third-order valence-electron chi connectivity index (χ3n) is 6.28. The van der Waals surface area contributed by atoms with Crippen LogP contribution in [0.25, 0.3) is 0 Å². The number of amides is 1. The van der Waals surface area contributed by atoms with E-state index in [0.29, 0.717) is 17.1 Å². The number of alkyl halides is 3. The van der Waals surface area contributed by atoms with Crippen LogP contribution in [0.3, 0.4) is 0 Å². The fourth-order valence-electron chi connectivity index (χ4n) is 4.61. The SMILES string of the molecule is COC(=O)N1CC(c2ccc(OC)c(OC3CCCC3)c2)C(C)(C(O)C(F)(F)F)C1. The standard InChI is InChI=1S/C21H28F3NO5/c1-20(18(26)21(22,23)24)12-25(19(27)29-3)11-15(20)13-8-9-16(28-2)17(10-13)30-14-6-4-5-7-14/h8-10,14-15,18,26H,4-7,11-12H2,1-3H3.